The van der Waals surface area contributed by atoms with E-state index >= 15 is 0 Å². The molecule has 6 nitrogen and oxygen atoms in total. The van der Waals surface area contributed by atoms with Gasteiger partial charge in [0.1, 0.15) is 18.5 Å². The summed E-state index contributed by atoms with van der Waals surface area (Å²) >= 11 is 3.61. The molecule has 2 heterocycles. The van der Waals surface area contributed by atoms with Crippen LogP contribution >= 0.6 is 15.9 Å². The molecule has 2 aliphatic heterocycles. The zero-order chi connectivity index (χ0) is 21.3. The van der Waals surface area contributed by atoms with E-state index in [1.54, 1.807) is 26.4 Å². The van der Waals surface area contributed by atoms with Gasteiger partial charge in [-0.1, -0.05) is 36.4 Å². The number of benzene rings is 2. The molecule has 2 saturated heterocycles. The van der Waals surface area contributed by atoms with Crippen LogP contribution in [0, 0.1) is 0 Å². The van der Waals surface area contributed by atoms with Crippen LogP contribution in [0.1, 0.15) is 30.1 Å². The number of hydrogen-bond donors (Lipinski definition) is 0. The highest BCUT2D eigenvalue weighted by molar-refractivity contribution is 9.10. The number of carbonyl (C=O) groups excluding carboxylic acids is 1. The van der Waals surface area contributed by atoms with Gasteiger partial charge in [0.25, 0.3) is 0 Å². The van der Waals surface area contributed by atoms with Crippen LogP contribution in [0.4, 0.5) is 0 Å². The number of carbonyl (C=O) groups is 1. The zero-order valence-corrected chi connectivity index (χ0v) is 18.4. The zero-order valence-electron chi connectivity index (χ0n) is 16.9. The molecule has 2 aliphatic rings. The fraction of sp³-hybridized carbons (Fsp3) is 0.348. The summed E-state index contributed by atoms with van der Waals surface area (Å²) in [4.78, 5) is 12.5. The summed E-state index contributed by atoms with van der Waals surface area (Å²) in [6, 6.07) is 11.6. The van der Waals surface area contributed by atoms with Gasteiger partial charge in [-0.15, -0.1) is 6.58 Å². The van der Waals surface area contributed by atoms with Gasteiger partial charge in [0.2, 0.25) is 0 Å². The SMILES string of the molecule is C=CCC[C@@]12O[C@@H]1[C@@H](c1c(OC)cc(OCc3ccccc3)c(OC)c1Br)OC2=O. The van der Waals surface area contributed by atoms with E-state index < -0.39 is 11.7 Å². The van der Waals surface area contributed by atoms with Crippen molar-refractivity contribution in [3.8, 4) is 17.2 Å². The molecule has 7 heteroatoms. The highest BCUT2D eigenvalue weighted by atomic mass is 79.9. The third-order valence-corrected chi connectivity index (χ3v) is 6.23. The van der Waals surface area contributed by atoms with Gasteiger partial charge in [-0.2, -0.15) is 0 Å². The molecule has 0 N–H and O–H groups in total. The Bertz CT molecular complexity index is 960. The molecule has 0 unspecified atom stereocenters. The predicted octanol–water partition coefficient (Wildman–Crippen LogP) is 4.75. The summed E-state index contributed by atoms with van der Waals surface area (Å²) in [6.45, 7) is 4.10. The monoisotopic (exact) mass is 474 g/mol. The molecule has 3 atom stereocenters. The average Bonchev–Trinajstić information content (AvgIpc) is 3.44. The van der Waals surface area contributed by atoms with Crippen LogP contribution in [-0.2, 0) is 20.9 Å². The number of fused-ring (bicyclic) bond motifs is 1. The number of ether oxygens (including phenoxy) is 5. The maximum Gasteiger partial charge on any atom is 0.342 e. The molecular weight excluding hydrogens is 452 g/mol. The van der Waals surface area contributed by atoms with E-state index in [0.29, 0.717) is 46.7 Å². The molecule has 0 saturated carbocycles. The van der Waals surface area contributed by atoms with Crippen LogP contribution in [0.2, 0.25) is 0 Å². The Morgan fingerprint density at radius 3 is 2.60 bits per heavy atom. The Balaban J connectivity index is 1.65. The number of halogens is 1. The van der Waals surface area contributed by atoms with Crippen LogP contribution in [0.3, 0.4) is 0 Å². The van der Waals surface area contributed by atoms with E-state index in [4.69, 9.17) is 23.7 Å². The molecule has 0 aliphatic carbocycles. The quantitative estimate of drug-likeness (QED) is 0.297. The predicted molar refractivity (Wildman–Crippen MR) is 114 cm³/mol. The highest BCUT2D eigenvalue weighted by Crippen LogP contribution is 2.59. The minimum absolute atomic E-state index is 0.350. The summed E-state index contributed by atoms with van der Waals surface area (Å²) in [7, 11) is 3.13. The van der Waals surface area contributed by atoms with Crippen molar-refractivity contribution in [1.29, 1.82) is 0 Å². The second-order valence-corrected chi connectivity index (χ2v) is 7.99. The van der Waals surface area contributed by atoms with Crippen molar-refractivity contribution in [2.45, 2.75) is 37.3 Å². The Labute approximate surface area is 183 Å². The van der Waals surface area contributed by atoms with Crippen molar-refractivity contribution in [2.24, 2.45) is 0 Å². The Morgan fingerprint density at radius 1 is 1.20 bits per heavy atom. The van der Waals surface area contributed by atoms with Gasteiger partial charge in [0, 0.05) is 6.07 Å². The summed E-state index contributed by atoms with van der Waals surface area (Å²) < 4.78 is 29.4. The van der Waals surface area contributed by atoms with Crippen molar-refractivity contribution < 1.29 is 28.5 Å². The normalized spacial score (nSPS) is 24.0. The van der Waals surface area contributed by atoms with E-state index in [0.717, 1.165) is 5.56 Å². The Hall–Kier alpha value is -2.51. The molecule has 0 spiro atoms. The minimum atomic E-state index is -0.890. The first-order valence-electron chi connectivity index (χ1n) is 9.66. The highest BCUT2D eigenvalue weighted by Gasteiger charge is 2.73. The van der Waals surface area contributed by atoms with E-state index in [1.807, 2.05) is 30.3 Å². The van der Waals surface area contributed by atoms with Gasteiger partial charge in [-0.25, -0.2) is 4.79 Å². The molecular formula is C23H23BrO6. The number of esters is 1. The topological polar surface area (TPSA) is 66.5 Å². The molecule has 2 aromatic rings. The summed E-state index contributed by atoms with van der Waals surface area (Å²) in [5.74, 6) is 1.20. The van der Waals surface area contributed by atoms with Gasteiger partial charge in [-0.05, 0) is 34.3 Å². The first-order chi connectivity index (χ1) is 14.6. The lowest BCUT2D eigenvalue weighted by Gasteiger charge is -2.21. The average molecular weight is 475 g/mol. The largest absolute Gasteiger partial charge is 0.496 e. The van der Waals surface area contributed by atoms with Crippen LogP contribution in [0.5, 0.6) is 17.2 Å². The number of epoxide rings is 1. The van der Waals surface area contributed by atoms with E-state index in [9.17, 15) is 4.79 Å². The molecule has 30 heavy (non-hydrogen) atoms. The Kier molecular flexibility index (Phi) is 5.75. The summed E-state index contributed by atoms with van der Waals surface area (Å²) in [5.41, 5.74) is 0.804. The number of cyclic esters (lactones) is 1. The van der Waals surface area contributed by atoms with Gasteiger partial charge in [0.05, 0.1) is 24.3 Å². The smallest absolute Gasteiger partial charge is 0.342 e. The molecule has 2 aromatic carbocycles. The summed E-state index contributed by atoms with van der Waals surface area (Å²) in [6.07, 6.45) is 2.03. The maximum atomic E-state index is 12.5. The first-order valence-corrected chi connectivity index (χ1v) is 10.5. The van der Waals surface area contributed by atoms with Crippen LogP contribution in [-0.4, -0.2) is 31.9 Å². The van der Waals surface area contributed by atoms with Crippen LogP contribution in [0.25, 0.3) is 0 Å². The fourth-order valence-electron chi connectivity index (χ4n) is 3.84. The van der Waals surface area contributed by atoms with Crippen molar-refractivity contribution >= 4 is 21.9 Å². The van der Waals surface area contributed by atoms with Crippen LogP contribution < -0.4 is 14.2 Å². The molecule has 0 amide bonds. The fourth-order valence-corrected chi connectivity index (χ4v) is 4.62. The first kappa shape index (κ1) is 20.8. The van der Waals surface area contributed by atoms with Gasteiger partial charge in [-0.3, -0.25) is 0 Å². The van der Waals surface area contributed by atoms with Gasteiger partial charge >= 0.3 is 5.97 Å². The lowest BCUT2D eigenvalue weighted by molar-refractivity contribution is -0.154. The molecule has 158 valence electrons. The van der Waals surface area contributed by atoms with Crippen molar-refractivity contribution in [1.82, 2.24) is 0 Å². The molecule has 0 aromatic heterocycles. The van der Waals surface area contributed by atoms with E-state index in [2.05, 4.69) is 22.5 Å². The third kappa shape index (κ3) is 3.46. The van der Waals surface area contributed by atoms with Crippen molar-refractivity contribution in [3.05, 3.63) is 64.7 Å². The number of methoxy groups -OCH3 is 2. The molecule has 0 radical (unpaired) electrons. The number of rotatable bonds is 9. The van der Waals surface area contributed by atoms with Crippen molar-refractivity contribution in [3.63, 3.8) is 0 Å². The van der Waals surface area contributed by atoms with Crippen LogP contribution in [0.15, 0.2) is 53.5 Å². The molecule has 4 rings (SSSR count). The van der Waals surface area contributed by atoms with Gasteiger partial charge < -0.3 is 23.7 Å². The minimum Gasteiger partial charge on any atom is -0.496 e. The number of hydrogen-bond acceptors (Lipinski definition) is 6. The lowest BCUT2D eigenvalue weighted by Crippen LogP contribution is -2.22. The number of allylic oxidation sites excluding steroid dienone is 1. The molecule has 0 bridgehead atoms. The Morgan fingerprint density at radius 2 is 1.97 bits per heavy atom. The standard InChI is InChI=1S/C23H23BrO6/c1-4-5-11-23-21(30-23)20(29-22(23)25)17-15(26-2)12-16(19(27-3)18(17)24)28-13-14-9-7-6-8-10-14/h4,6-10,12,20-21H,1,5,11,13H2,2-3H3/t20-,21-,23-/m1/s1. The van der Waals surface area contributed by atoms with E-state index in [1.165, 1.54) is 0 Å². The summed E-state index contributed by atoms with van der Waals surface area (Å²) in [5, 5.41) is 0. The van der Waals surface area contributed by atoms with E-state index in [-0.39, 0.29) is 12.1 Å². The maximum absolute atomic E-state index is 12.5. The third-order valence-electron chi connectivity index (χ3n) is 5.45. The second kappa shape index (κ2) is 8.32. The second-order valence-electron chi connectivity index (χ2n) is 7.19. The molecule has 2 fully saturated rings. The lowest BCUT2D eigenvalue weighted by atomic mass is 9.95. The van der Waals surface area contributed by atoms with Crippen molar-refractivity contribution in [2.75, 3.05) is 14.2 Å². The van der Waals surface area contributed by atoms with Gasteiger partial charge in [0.15, 0.2) is 23.2 Å².